The predicted molar refractivity (Wildman–Crippen MR) is 157 cm³/mol. The lowest BCUT2D eigenvalue weighted by Crippen LogP contribution is -2.54. The predicted octanol–water partition coefficient (Wildman–Crippen LogP) is 4.51. The van der Waals surface area contributed by atoms with Gasteiger partial charge in [0, 0.05) is 39.0 Å². The minimum Gasteiger partial charge on any atom is -0.435 e. The van der Waals surface area contributed by atoms with Crippen LogP contribution in [0.5, 0.6) is 0 Å². The van der Waals surface area contributed by atoms with Gasteiger partial charge in [-0.1, -0.05) is 33.6 Å². The summed E-state index contributed by atoms with van der Waals surface area (Å²) >= 11 is 0. The molecule has 0 aromatic rings. The molecular weight excluding hydrogens is 523 g/mol. The fourth-order valence-corrected chi connectivity index (χ4v) is 8.20. The van der Waals surface area contributed by atoms with Gasteiger partial charge in [-0.15, -0.1) is 0 Å². The zero-order valence-corrected chi connectivity index (χ0v) is 26.9. The first-order valence-electron chi connectivity index (χ1n) is 14.3. The molecule has 1 rings (SSSR count). The molecule has 1 aliphatic carbocycles. The van der Waals surface area contributed by atoms with Crippen LogP contribution in [0.1, 0.15) is 92.9 Å². The summed E-state index contributed by atoms with van der Waals surface area (Å²) in [7, 11) is -0.631. The summed E-state index contributed by atoms with van der Waals surface area (Å²) in [4.78, 5) is 23.9. The van der Waals surface area contributed by atoms with Gasteiger partial charge in [-0.3, -0.25) is 0 Å². The van der Waals surface area contributed by atoms with Crippen LogP contribution in [0.2, 0.25) is 0 Å². The second-order valence-electron chi connectivity index (χ2n) is 11.3. The number of carbonyl (C=O) groups is 2. The fraction of sp³-hybridized carbons (Fsp3) is 0.923. The average molecular weight is 579 g/mol. The minimum atomic E-state index is -2.62. The molecule has 0 aromatic heterocycles. The molecule has 0 bridgehead atoms. The van der Waals surface area contributed by atoms with E-state index >= 15 is 0 Å². The highest BCUT2D eigenvalue weighted by Gasteiger charge is 2.42. The molecule has 1 aliphatic rings. The summed E-state index contributed by atoms with van der Waals surface area (Å²) < 4.78 is 22.3. The van der Waals surface area contributed by atoms with Crippen LogP contribution in [-0.4, -0.2) is 72.6 Å². The first kappa shape index (κ1) is 35.1. The molecule has 38 heavy (non-hydrogen) atoms. The summed E-state index contributed by atoms with van der Waals surface area (Å²) in [6.07, 6.45) is 8.09. The maximum absolute atomic E-state index is 12.3. The van der Waals surface area contributed by atoms with Gasteiger partial charge in [0.1, 0.15) is 0 Å². The van der Waals surface area contributed by atoms with Crippen molar-refractivity contribution in [2.45, 2.75) is 99.0 Å². The fourth-order valence-electron chi connectivity index (χ4n) is 5.78. The zero-order chi connectivity index (χ0) is 28.5. The van der Waals surface area contributed by atoms with Crippen molar-refractivity contribution in [3.05, 3.63) is 0 Å². The van der Waals surface area contributed by atoms with Crippen molar-refractivity contribution in [1.82, 2.24) is 21.3 Å². The van der Waals surface area contributed by atoms with Gasteiger partial charge in [-0.25, -0.2) is 9.59 Å². The maximum Gasteiger partial charge on any atom is 0.515 e. The standard InChI is InChI=1S/C26H55N4O6PSi/c1-7-33-38(34-8-2,35-9-3)21-27-15-12-10-11-13-16-28-23(31)29-17-14-26(6)19-22(30-24(32)36-37)18-25(4,5)20-26/h22,27H,7-21,37H2,1-6H3,(H,30,32)(H2,28,29,31). The smallest absolute Gasteiger partial charge is 0.435 e. The molecule has 4 N–H and O–H groups in total. The highest BCUT2D eigenvalue weighted by Crippen LogP contribution is 2.47. The Morgan fingerprint density at radius 3 is 2.03 bits per heavy atom. The zero-order valence-electron chi connectivity index (χ0n) is 24.7. The molecule has 3 atom stereocenters. The number of carbonyl (C=O) groups excluding carboxylic acids is 2. The van der Waals surface area contributed by atoms with Gasteiger partial charge < -0.3 is 39.1 Å². The quantitative estimate of drug-likeness (QED) is 0.101. The first-order valence-corrected chi connectivity index (χ1v) is 16.7. The van der Waals surface area contributed by atoms with Gasteiger partial charge in [0.05, 0.1) is 15.6 Å². The summed E-state index contributed by atoms with van der Waals surface area (Å²) in [6, 6.07) is -0.0415. The van der Waals surface area contributed by atoms with E-state index in [1.807, 2.05) is 30.2 Å². The van der Waals surface area contributed by atoms with E-state index in [4.69, 9.17) is 17.8 Å². The number of urea groups is 1. The molecule has 224 valence electrons. The van der Waals surface area contributed by atoms with Gasteiger partial charge in [0.25, 0.3) is 0 Å². The Morgan fingerprint density at radius 1 is 0.868 bits per heavy atom. The molecule has 12 heteroatoms. The topological polar surface area (TPSA) is 119 Å². The van der Waals surface area contributed by atoms with E-state index in [-0.39, 0.29) is 22.9 Å². The van der Waals surface area contributed by atoms with Crippen molar-refractivity contribution < 1.29 is 27.4 Å². The normalized spacial score (nSPS) is 21.1. The van der Waals surface area contributed by atoms with Crippen molar-refractivity contribution in [1.29, 1.82) is 0 Å². The lowest BCUT2D eigenvalue weighted by atomic mass is 9.61. The molecule has 0 aromatic carbocycles. The van der Waals surface area contributed by atoms with Crippen LogP contribution >= 0.6 is 9.47 Å². The molecule has 0 radical (unpaired) electrons. The number of hydrogen-bond acceptors (Lipinski definition) is 7. The van der Waals surface area contributed by atoms with Crippen LogP contribution in [0.15, 0.2) is 0 Å². The summed E-state index contributed by atoms with van der Waals surface area (Å²) in [5.41, 5.74) is 0.155. The molecular formula is C26H55N4O6PSi. The van der Waals surface area contributed by atoms with E-state index in [1.165, 1.54) is 0 Å². The van der Waals surface area contributed by atoms with Crippen molar-refractivity contribution in [2.75, 3.05) is 45.6 Å². The molecule has 0 saturated heterocycles. The van der Waals surface area contributed by atoms with Crippen LogP contribution in [0.4, 0.5) is 9.59 Å². The molecule has 1 fully saturated rings. The number of rotatable bonds is 19. The Balaban J connectivity index is 2.19. The summed E-state index contributed by atoms with van der Waals surface area (Å²) in [5, 5.41) is 12.4. The maximum atomic E-state index is 12.3. The molecule has 0 heterocycles. The molecule has 0 spiro atoms. The van der Waals surface area contributed by atoms with E-state index in [1.54, 1.807) is 0 Å². The van der Waals surface area contributed by atoms with Gasteiger partial charge in [0.2, 0.25) is 0 Å². The van der Waals surface area contributed by atoms with E-state index < -0.39 is 14.9 Å². The number of nitrogens with one attached hydrogen (secondary N) is 4. The minimum absolute atomic E-state index is 0.0397. The third kappa shape index (κ3) is 14.4. The van der Waals surface area contributed by atoms with Gasteiger partial charge in [-0.2, -0.15) is 0 Å². The van der Waals surface area contributed by atoms with Gasteiger partial charge >= 0.3 is 20.9 Å². The van der Waals surface area contributed by atoms with E-state index in [0.717, 1.165) is 57.9 Å². The number of hydrogen-bond donors (Lipinski definition) is 4. The van der Waals surface area contributed by atoms with E-state index in [2.05, 4.69) is 42.0 Å². The SMILES string of the molecule is CCO[Si](CNCCCCCCNC(=O)NCCC1(C)CC(NC(=O)OP)CC(C)(C)C1)(OCC)OCC. The molecule has 3 amide bonds. The molecule has 1 saturated carbocycles. The molecule has 0 aliphatic heterocycles. The third-order valence-electron chi connectivity index (χ3n) is 6.89. The summed E-state index contributed by atoms with van der Waals surface area (Å²) in [5.74, 6) is 0. The van der Waals surface area contributed by atoms with Crippen LogP contribution in [0.3, 0.4) is 0 Å². The van der Waals surface area contributed by atoms with Crippen LogP contribution in [0, 0.1) is 10.8 Å². The van der Waals surface area contributed by atoms with Crippen molar-refractivity contribution in [2.24, 2.45) is 10.8 Å². The van der Waals surface area contributed by atoms with Crippen molar-refractivity contribution in [3.63, 3.8) is 0 Å². The van der Waals surface area contributed by atoms with Crippen molar-refractivity contribution in [3.8, 4) is 0 Å². The Kier molecular flexibility index (Phi) is 17.0. The highest BCUT2D eigenvalue weighted by atomic mass is 31.0. The third-order valence-corrected chi connectivity index (χ3v) is 9.97. The Bertz CT molecular complexity index is 673. The lowest BCUT2D eigenvalue weighted by molar-refractivity contribution is 0.0652. The lowest BCUT2D eigenvalue weighted by Gasteiger charge is -2.46. The second kappa shape index (κ2) is 18.4. The first-order chi connectivity index (χ1) is 18.0. The molecule has 3 unspecified atom stereocenters. The summed E-state index contributed by atoms with van der Waals surface area (Å²) in [6.45, 7) is 16.5. The number of unbranched alkanes of at least 4 members (excludes halogenated alkanes) is 3. The largest absolute Gasteiger partial charge is 0.515 e. The van der Waals surface area contributed by atoms with E-state index in [9.17, 15) is 9.59 Å². The average Bonchev–Trinajstić information content (AvgIpc) is 2.82. The van der Waals surface area contributed by atoms with E-state index in [0.29, 0.717) is 39.1 Å². The van der Waals surface area contributed by atoms with Crippen LogP contribution < -0.4 is 21.3 Å². The van der Waals surface area contributed by atoms with Gasteiger partial charge in [-0.05, 0) is 76.7 Å². The second-order valence-corrected chi connectivity index (χ2v) is 14.1. The van der Waals surface area contributed by atoms with Crippen molar-refractivity contribution >= 4 is 30.4 Å². The molecule has 10 nitrogen and oxygen atoms in total. The highest BCUT2D eigenvalue weighted by molar-refractivity contribution is 7.10. The monoisotopic (exact) mass is 578 g/mol. The van der Waals surface area contributed by atoms with Crippen LogP contribution in [0.25, 0.3) is 0 Å². The van der Waals surface area contributed by atoms with Gasteiger partial charge in [0.15, 0.2) is 0 Å². The Hall–Kier alpha value is -0.973. The van der Waals surface area contributed by atoms with Crippen LogP contribution in [-0.2, 0) is 17.8 Å². The Morgan fingerprint density at radius 2 is 1.45 bits per heavy atom. The Labute approximate surface area is 234 Å². The number of amides is 3.